The molecule has 0 radical (unpaired) electrons. The number of ether oxygens (including phenoxy) is 3. The molecule has 3 aliphatic heterocycles. The molecule has 2 fully saturated rings. The molecule has 14 nitrogen and oxygen atoms in total. The van der Waals surface area contributed by atoms with E-state index in [2.05, 4.69) is 43.7 Å². The summed E-state index contributed by atoms with van der Waals surface area (Å²) in [6.45, 7) is 5.28. The Morgan fingerprint density at radius 1 is 1.15 bits per heavy atom. The smallest absolute Gasteiger partial charge is 0.433 e. The lowest BCUT2D eigenvalue weighted by atomic mass is 9.89. The standard InChI is InChI=1S/C38H48F3N7O7/c1-46(16-13-42-22-30(50)28-5-6-29(49)34-35(28)54-24-32(51)45-34)33(52)9-19-53-18-8-26-3-2-4-27(21-26)23-47-14-10-37(11-15-47)25-48(17-20-55-37)36-43-12-7-31(44-36)38(39,40)41/h2-7,12,21,30,42,49-50H,8-11,13-20,22-25H2,1H3,(H,45,51)/t30-/m0/s1. The zero-order chi connectivity index (χ0) is 39.0. The number of alkyl halides is 3. The summed E-state index contributed by atoms with van der Waals surface area (Å²) in [5.41, 5.74) is 1.50. The molecule has 0 bridgehead atoms. The predicted molar refractivity (Wildman–Crippen MR) is 196 cm³/mol. The van der Waals surface area contributed by atoms with Gasteiger partial charge in [-0.25, -0.2) is 9.97 Å². The molecule has 55 heavy (non-hydrogen) atoms. The Bertz CT molecular complexity index is 1790. The van der Waals surface area contributed by atoms with Crippen LogP contribution in [0.3, 0.4) is 0 Å². The molecular weight excluding hydrogens is 723 g/mol. The van der Waals surface area contributed by atoms with Gasteiger partial charge in [-0.05, 0) is 48.6 Å². The summed E-state index contributed by atoms with van der Waals surface area (Å²) in [6.07, 6.45) is -1.87. The lowest BCUT2D eigenvalue weighted by molar-refractivity contribution is -0.141. The number of aliphatic hydroxyl groups is 1. The molecule has 0 saturated carbocycles. The van der Waals surface area contributed by atoms with Crippen LogP contribution < -0.4 is 20.3 Å². The van der Waals surface area contributed by atoms with E-state index in [0.717, 1.165) is 50.3 Å². The monoisotopic (exact) mass is 771 g/mol. The lowest BCUT2D eigenvalue weighted by Crippen LogP contribution is -2.57. The second-order valence-electron chi connectivity index (χ2n) is 14.2. The maximum absolute atomic E-state index is 13.2. The molecule has 3 aliphatic rings. The van der Waals surface area contributed by atoms with Crippen LogP contribution in [0, 0.1) is 0 Å². The molecule has 1 spiro atoms. The fourth-order valence-electron chi connectivity index (χ4n) is 7.04. The average molecular weight is 772 g/mol. The van der Waals surface area contributed by atoms with Crippen LogP contribution in [0.25, 0.3) is 0 Å². The summed E-state index contributed by atoms with van der Waals surface area (Å²) in [4.78, 5) is 37.9. The third-order valence-corrected chi connectivity index (χ3v) is 10.1. The number of nitrogens with zero attached hydrogens (tertiary/aromatic N) is 5. The number of hydrogen-bond acceptors (Lipinski definition) is 12. The van der Waals surface area contributed by atoms with Crippen molar-refractivity contribution in [1.82, 2.24) is 25.1 Å². The van der Waals surface area contributed by atoms with Crippen molar-refractivity contribution in [1.29, 1.82) is 0 Å². The van der Waals surface area contributed by atoms with E-state index < -0.39 is 23.6 Å². The first-order valence-electron chi connectivity index (χ1n) is 18.5. The summed E-state index contributed by atoms with van der Waals surface area (Å²) in [7, 11) is 1.72. The number of piperidine rings is 1. The SMILES string of the molecule is CN(CCNC[C@H](O)c1ccc(O)c2c1OCC(=O)N2)C(=O)CCOCCc1cccc(CN2CCC3(CC2)CN(c2nccc(C(F)(F)F)n2)CCO3)c1. The number of nitrogens with one attached hydrogen (secondary N) is 2. The number of rotatable bonds is 15. The Labute approximate surface area is 317 Å². The van der Waals surface area contributed by atoms with Gasteiger partial charge in [-0.1, -0.05) is 24.3 Å². The quantitative estimate of drug-likeness (QED) is 0.132. The van der Waals surface area contributed by atoms with Crippen LogP contribution in [0.5, 0.6) is 11.5 Å². The Hall–Kier alpha value is -4.55. The van der Waals surface area contributed by atoms with Crippen LogP contribution in [0.1, 0.15) is 47.8 Å². The predicted octanol–water partition coefficient (Wildman–Crippen LogP) is 3.13. The van der Waals surface area contributed by atoms with Gasteiger partial charge < -0.3 is 44.9 Å². The van der Waals surface area contributed by atoms with Crippen molar-refractivity contribution >= 4 is 23.5 Å². The highest BCUT2D eigenvalue weighted by molar-refractivity contribution is 5.97. The van der Waals surface area contributed by atoms with Crippen molar-refractivity contribution in [2.24, 2.45) is 0 Å². The number of fused-ring (bicyclic) bond motifs is 1. The first kappa shape index (κ1) is 40.1. The van der Waals surface area contributed by atoms with Crippen LogP contribution in [0.2, 0.25) is 0 Å². The van der Waals surface area contributed by atoms with Gasteiger partial charge in [-0.15, -0.1) is 0 Å². The van der Waals surface area contributed by atoms with Crippen molar-refractivity contribution in [3.8, 4) is 11.5 Å². The summed E-state index contributed by atoms with van der Waals surface area (Å²) in [5, 5.41) is 26.4. The average Bonchev–Trinajstić information content (AvgIpc) is 3.17. The fraction of sp³-hybridized carbons (Fsp3) is 0.526. The molecule has 0 aliphatic carbocycles. The molecule has 2 amide bonds. The number of amides is 2. The van der Waals surface area contributed by atoms with Crippen molar-refractivity contribution in [3.05, 3.63) is 71.0 Å². The van der Waals surface area contributed by atoms with Crippen LogP contribution in [-0.4, -0.2) is 127 Å². The first-order chi connectivity index (χ1) is 26.4. The van der Waals surface area contributed by atoms with Crippen LogP contribution in [0.15, 0.2) is 48.7 Å². The highest BCUT2D eigenvalue weighted by Gasteiger charge is 2.41. The minimum atomic E-state index is -4.52. The Morgan fingerprint density at radius 3 is 2.75 bits per heavy atom. The number of carbonyl (C=O) groups is 2. The number of likely N-dealkylation sites (N-methyl/N-ethyl adjacent to an activating group) is 1. The summed E-state index contributed by atoms with van der Waals surface area (Å²) in [6, 6.07) is 12.2. The molecule has 2 aromatic carbocycles. The number of phenolic OH excluding ortho intramolecular Hbond substituents is 1. The molecule has 2 saturated heterocycles. The number of benzene rings is 2. The number of morpholine rings is 1. The molecular formula is C38H48F3N7O7. The Balaban J connectivity index is 0.855. The Morgan fingerprint density at radius 2 is 1.95 bits per heavy atom. The van der Waals surface area contributed by atoms with Crippen molar-refractivity contribution in [3.63, 3.8) is 0 Å². The van der Waals surface area contributed by atoms with Crippen LogP contribution in [0.4, 0.5) is 24.8 Å². The number of hydrogen-bond donors (Lipinski definition) is 4. The zero-order valence-corrected chi connectivity index (χ0v) is 30.8. The first-order valence-corrected chi connectivity index (χ1v) is 18.5. The normalized spacial score (nSPS) is 17.7. The van der Waals surface area contributed by atoms with Gasteiger partial charge in [0.2, 0.25) is 11.9 Å². The third-order valence-electron chi connectivity index (χ3n) is 10.1. The second-order valence-corrected chi connectivity index (χ2v) is 14.2. The number of aromatic hydroxyl groups is 1. The minimum Gasteiger partial charge on any atom is -0.506 e. The number of likely N-dealkylation sites (tertiary alicyclic amines) is 1. The van der Waals surface area contributed by atoms with Gasteiger partial charge in [-0.2, -0.15) is 13.2 Å². The maximum atomic E-state index is 13.2. The van der Waals surface area contributed by atoms with E-state index >= 15 is 0 Å². The molecule has 17 heteroatoms. The van der Waals surface area contributed by atoms with Gasteiger partial charge in [0.15, 0.2) is 12.4 Å². The van der Waals surface area contributed by atoms with E-state index in [9.17, 15) is 33.0 Å². The molecule has 1 aromatic heterocycles. The molecule has 3 aromatic rings. The number of halogens is 3. The van der Waals surface area contributed by atoms with E-state index in [0.29, 0.717) is 58.0 Å². The van der Waals surface area contributed by atoms with E-state index in [1.807, 2.05) is 6.07 Å². The number of phenols is 1. The topological polar surface area (TPSA) is 162 Å². The van der Waals surface area contributed by atoms with Crippen LogP contribution in [-0.2, 0) is 38.2 Å². The molecule has 0 unspecified atom stereocenters. The lowest BCUT2D eigenvalue weighted by Gasteiger charge is -2.47. The zero-order valence-electron chi connectivity index (χ0n) is 30.8. The largest absolute Gasteiger partial charge is 0.506 e. The maximum Gasteiger partial charge on any atom is 0.433 e. The van der Waals surface area contributed by atoms with Crippen molar-refractivity contribution in [2.45, 2.75) is 50.1 Å². The van der Waals surface area contributed by atoms with Crippen molar-refractivity contribution < 1.29 is 47.2 Å². The van der Waals surface area contributed by atoms with Crippen molar-refractivity contribution in [2.75, 3.05) is 89.5 Å². The number of anilines is 2. The van der Waals surface area contributed by atoms with Gasteiger partial charge in [0.05, 0.1) is 44.5 Å². The van der Waals surface area contributed by atoms with E-state index in [1.165, 1.54) is 11.6 Å². The van der Waals surface area contributed by atoms with E-state index in [-0.39, 0.29) is 54.5 Å². The summed E-state index contributed by atoms with van der Waals surface area (Å²) < 4.78 is 57.1. The molecule has 6 rings (SSSR count). The Kier molecular flexibility index (Phi) is 13.1. The summed E-state index contributed by atoms with van der Waals surface area (Å²) in [5.74, 6) is -0.261. The van der Waals surface area contributed by atoms with E-state index in [4.69, 9.17) is 14.2 Å². The number of aliphatic hydroxyl groups excluding tert-OH is 1. The summed E-state index contributed by atoms with van der Waals surface area (Å²) >= 11 is 0. The highest BCUT2D eigenvalue weighted by Crippen LogP contribution is 2.41. The van der Waals surface area contributed by atoms with Gasteiger partial charge >= 0.3 is 6.18 Å². The van der Waals surface area contributed by atoms with Gasteiger partial charge in [-0.3, -0.25) is 14.5 Å². The third kappa shape index (κ3) is 10.6. The van der Waals surface area contributed by atoms with Gasteiger partial charge in [0.25, 0.3) is 5.91 Å². The van der Waals surface area contributed by atoms with Crippen LogP contribution >= 0.6 is 0 Å². The number of aromatic nitrogens is 2. The van der Waals surface area contributed by atoms with Gasteiger partial charge in [0.1, 0.15) is 17.1 Å². The molecule has 298 valence electrons. The number of carbonyl (C=O) groups excluding carboxylic acids is 2. The highest BCUT2D eigenvalue weighted by atomic mass is 19.4. The molecule has 1 atom stereocenters. The molecule has 4 N–H and O–H groups in total. The fourth-order valence-corrected chi connectivity index (χ4v) is 7.04. The van der Waals surface area contributed by atoms with E-state index in [1.54, 1.807) is 22.9 Å². The second kappa shape index (κ2) is 17.9. The van der Waals surface area contributed by atoms with Gasteiger partial charge in [0, 0.05) is 64.6 Å². The minimum absolute atomic E-state index is 0.0558. The molecule has 4 heterocycles.